The van der Waals surface area contributed by atoms with Gasteiger partial charge in [0.05, 0.1) is 35.6 Å². The SMILES string of the molecule is CCOC(=O)C[C@H](NC(=O)N1CCCN(c2nc3ccccc3n3cccc23)CC1)c1ccccc1. The van der Waals surface area contributed by atoms with Crippen LogP contribution in [0.25, 0.3) is 16.6 Å². The number of hydrogen-bond acceptors (Lipinski definition) is 5. The highest BCUT2D eigenvalue weighted by atomic mass is 16.5. The van der Waals surface area contributed by atoms with Gasteiger partial charge in [0.2, 0.25) is 0 Å². The van der Waals surface area contributed by atoms with Gasteiger partial charge >= 0.3 is 12.0 Å². The average Bonchev–Trinajstić information content (AvgIpc) is 3.27. The third-order valence-electron chi connectivity index (χ3n) is 6.60. The van der Waals surface area contributed by atoms with E-state index in [0.29, 0.717) is 26.2 Å². The van der Waals surface area contributed by atoms with Crippen molar-refractivity contribution in [2.75, 3.05) is 37.7 Å². The van der Waals surface area contributed by atoms with Crippen molar-refractivity contribution in [3.8, 4) is 0 Å². The van der Waals surface area contributed by atoms with Crippen LogP contribution in [0.4, 0.5) is 10.6 Å². The molecule has 1 aliphatic heterocycles. The highest BCUT2D eigenvalue weighted by molar-refractivity contribution is 5.85. The minimum absolute atomic E-state index is 0.0940. The van der Waals surface area contributed by atoms with Crippen molar-refractivity contribution >= 4 is 34.4 Å². The molecule has 0 radical (unpaired) electrons. The largest absolute Gasteiger partial charge is 0.466 e. The fraction of sp³-hybridized carbons (Fsp3) is 0.321. The molecule has 1 aliphatic rings. The maximum absolute atomic E-state index is 13.3. The Labute approximate surface area is 210 Å². The first-order valence-corrected chi connectivity index (χ1v) is 12.5. The van der Waals surface area contributed by atoms with Gasteiger partial charge in [0.25, 0.3) is 0 Å². The van der Waals surface area contributed by atoms with Gasteiger partial charge in [-0.15, -0.1) is 0 Å². The number of ether oxygens (including phenoxy) is 1. The standard InChI is InChI=1S/C28H31N5O3/c1-2-36-26(34)20-23(21-10-4-3-5-11-21)30-28(35)32-16-9-15-31(18-19-32)27-25-14-8-17-33(25)24-13-7-6-12-22(24)29-27/h3-8,10-14,17,23H,2,9,15-16,18-20H2,1H3,(H,30,35)/t23-/m0/s1. The number of aromatic nitrogens is 2. The number of carbonyl (C=O) groups excluding carboxylic acids is 2. The second-order valence-electron chi connectivity index (χ2n) is 8.94. The van der Waals surface area contributed by atoms with E-state index < -0.39 is 6.04 Å². The predicted octanol–water partition coefficient (Wildman–Crippen LogP) is 4.40. The Kier molecular flexibility index (Phi) is 7.02. The summed E-state index contributed by atoms with van der Waals surface area (Å²) in [6.45, 7) is 4.77. The quantitative estimate of drug-likeness (QED) is 0.410. The van der Waals surface area contributed by atoms with Crippen LogP contribution >= 0.6 is 0 Å². The number of para-hydroxylation sites is 2. The number of benzene rings is 2. The molecular formula is C28H31N5O3. The summed E-state index contributed by atoms with van der Waals surface area (Å²) < 4.78 is 7.32. The molecule has 8 heteroatoms. The number of nitrogens with one attached hydrogen (secondary N) is 1. The van der Waals surface area contributed by atoms with Crippen molar-refractivity contribution in [1.82, 2.24) is 19.6 Å². The minimum Gasteiger partial charge on any atom is -0.466 e. The van der Waals surface area contributed by atoms with Crippen LogP contribution in [0.5, 0.6) is 0 Å². The molecule has 0 saturated carbocycles. The van der Waals surface area contributed by atoms with Crippen LogP contribution in [0.15, 0.2) is 72.9 Å². The van der Waals surface area contributed by atoms with Crippen LogP contribution in [0.2, 0.25) is 0 Å². The molecule has 2 aromatic heterocycles. The van der Waals surface area contributed by atoms with Crippen molar-refractivity contribution < 1.29 is 14.3 Å². The Balaban J connectivity index is 1.31. The van der Waals surface area contributed by atoms with Gasteiger partial charge < -0.3 is 24.3 Å². The molecule has 36 heavy (non-hydrogen) atoms. The molecule has 0 aliphatic carbocycles. The van der Waals surface area contributed by atoms with Crippen LogP contribution in [0, 0.1) is 0 Å². The van der Waals surface area contributed by atoms with E-state index in [1.807, 2.05) is 59.5 Å². The van der Waals surface area contributed by atoms with E-state index in [0.717, 1.165) is 40.9 Å². The lowest BCUT2D eigenvalue weighted by atomic mass is 10.0. The Morgan fingerprint density at radius 3 is 2.56 bits per heavy atom. The number of urea groups is 1. The third-order valence-corrected chi connectivity index (χ3v) is 6.60. The van der Waals surface area contributed by atoms with Crippen LogP contribution in [0.1, 0.15) is 31.4 Å². The number of esters is 1. The van der Waals surface area contributed by atoms with Gasteiger partial charge in [0.15, 0.2) is 5.82 Å². The minimum atomic E-state index is -0.445. The van der Waals surface area contributed by atoms with E-state index in [-0.39, 0.29) is 18.4 Å². The second-order valence-corrected chi connectivity index (χ2v) is 8.94. The summed E-state index contributed by atoms with van der Waals surface area (Å²) in [6.07, 6.45) is 2.98. The molecule has 4 aromatic rings. The summed E-state index contributed by atoms with van der Waals surface area (Å²) in [4.78, 5) is 34.6. The highest BCUT2D eigenvalue weighted by Gasteiger charge is 2.25. The molecule has 1 saturated heterocycles. The van der Waals surface area contributed by atoms with Gasteiger partial charge in [0, 0.05) is 32.4 Å². The molecule has 1 atom stereocenters. The van der Waals surface area contributed by atoms with Crippen LogP contribution in [0.3, 0.4) is 0 Å². The summed E-state index contributed by atoms with van der Waals surface area (Å²) in [7, 11) is 0. The molecule has 5 rings (SSSR count). The molecule has 0 spiro atoms. The average molecular weight is 486 g/mol. The van der Waals surface area contributed by atoms with Crippen molar-refractivity contribution in [1.29, 1.82) is 0 Å². The summed E-state index contributed by atoms with van der Waals surface area (Å²) in [5.41, 5.74) is 3.96. The highest BCUT2D eigenvalue weighted by Crippen LogP contribution is 2.26. The Hall–Kier alpha value is -4.07. The first-order chi connectivity index (χ1) is 17.6. The molecule has 186 valence electrons. The topological polar surface area (TPSA) is 79.2 Å². The van der Waals surface area contributed by atoms with Crippen molar-refractivity contribution in [2.24, 2.45) is 0 Å². The summed E-state index contributed by atoms with van der Waals surface area (Å²) in [5.74, 6) is 0.609. The zero-order valence-electron chi connectivity index (χ0n) is 20.5. The maximum atomic E-state index is 13.3. The number of nitrogens with zero attached hydrogens (tertiary/aromatic N) is 4. The Bertz CT molecular complexity index is 1350. The molecule has 0 unspecified atom stereocenters. The molecule has 2 aromatic carbocycles. The second kappa shape index (κ2) is 10.7. The number of hydrogen-bond donors (Lipinski definition) is 1. The van der Waals surface area contributed by atoms with Gasteiger partial charge in [-0.2, -0.15) is 0 Å². The van der Waals surface area contributed by atoms with E-state index in [1.165, 1.54) is 0 Å². The van der Waals surface area contributed by atoms with Gasteiger partial charge in [-0.1, -0.05) is 42.5 Å². The van der Waals surface area contributed by atoms with E-state index in [4.69, 9.17) is 9.72 Å². The molecule has 0 bridgehead atoms. The van der Waals surface area contributed by atoms with E-state index in [1.54, 1.807) is 6.92 Å². The zero-order chi connectivity index (χ0) is 24.9. The number of anilines is 1. The van der Waals surface area contributed by atoms with Crippen molar-refractivity contribution in [3.63, 3.8) is 0 Å². The van der Waals surface area contributed by atoms with Gasteiger partial charge in [0.1, 0.15) is 0 Å². The summed E-state index contributed by atoms with van der Waals surface area (Å²) in [5, 5.41) is 3.07. The zero-order valence-corrected chi connectivity index (χ0v) is 20.5. The van der Waals surface area contributed by atoms with E-state index >= 15 is 0 Å². The summed E-state index contributed by atoms with van der Waals surface area (Å²) in [6, 6.07) is 21.2. The smallest absolute Gasteiger partial charge is 0.317 e. The van der Waals surface area contributed by atoms with Crippen molar-refractivity contribution in [2.45, 2.75) is 25.8 Å². The van der Waals surface area contributed by atoms with Crippen molar-refractivity contribution in [3.05, 3.63) is 78.5 Å². The molecule has 1 fully saturated rings. The van der Waals surface area contributed by atoms with E-state index in [2.05, 4.69) is 32.9 Å². The Morgan fingerprint density at radius 1 is 0.944 bits per heavy atom. The van der Waals surface area contributed by atoms with E-state index in [9.17, 15) is 9.59 Å². The normalized spacial score (nSPS) is 15.0. The van der Waals surface area contributed by atoms with Crippen LogP contribution in [-0.4, -0.2) is 59.1 Å². The van der Waals surface area contributed by atoms with Gasteiger partial charge in [-0.25, -0.2) is 9.78 Å². The van der Waals surface area contributed by atoms with Crippen LogP contribution in [-0.2, 0) is 9.53 Å². The molecule has 3 heterocycles. The lowest BCUT2D eigenvalue weighted by molar-refractivity contribution is -0.143. The molecular weight excluding hydrogens is 454 g/mol. The monoisotopic (exact) mass is 485 g/mol. The number of carbonyl (C=O) groups is 2. The third kappa shape index (κ3) is 4.98. The van der Waals surface area contributed by atoms with Gasteiger partial charge in [-0.3, -0.25) is 4.79 Å². The first kappa shape index (κ1) is 23.7. The first-order valence-electron chi connectivity index (χ1n) is 12.5. The maximum Gasteiger partial charge on any atom is 0.317 e. The number of fused-ring (bicyclic) bond motifs is 3. The van der Waals surface area contributed by atoms with Gasteiger partial charge in [-0.05, 0) is 43.2 Å². The van der Waals surface area contributed by atoms with Crippen LogP contribution < -0.4 is 10.2 Å². The number of rotatable bonds is 6. The number of amides is 2. The fourth-order valence-electron chi connectivity index (χ4n) is 4.84. The molecule has 8 nitrogen and oxygen atoms in total. The lowest BCUT2D eigenvalue weighted by Gasteiger charge is -2.26. The lowest BCUT2D eigenvalue weighted by Crippen LogP contribution is -2.44. The molecule has 1 N–H and O–H groups in total. The summed E-state index contributed by atoms with van der Waals surface area (Å²) >= 11 is 0. The Morgan fingerprint density at radius 2 is 1.72 bits per heavy atom. The predicted molar refractivity (Wildman–Crippen MR) is 140 cm³/mol. The fourth-order valence-corrected chi connectivity index (χ4v) is 4.84. The molecule has 2 amide bonds.